The number of hydrogen-bond donors (Lipinski definition) is 4. The number of nitrogens with zero attached hydrogens (tertiary/aromatic N) is 1. The van der Waals surface area contributed by atoms with Crippen LogP contribution in [-0.2, 0) is 25.7 Å². The summed E-state index contributed by atoms with van der Waals surface area (Å²) in [5, 5.41) is 24.1. The Bertz CT molecular complexity index is 898. The number of nitrogens with one attached hydrogen (secondary N) is 2. The molecule has 0 radical (unpaired) electrons. The number of aliphatic hydroxyl groups excluding tert-OH is 1. The van der Waals surface area contributed by atoms with Crippen molar-refractivity contribution < 1.29 is 34.2 Å². The zero-order valence-electron chi connectivity index (χ0n) is 16.2. The van der Waals surface area contributed by atoms with E-state index < -0.39 is 36.0 Å². The molecule has 0 spiro atoms. The van der Waals surface area contributed by atoms with Crippen molar-refractivity contribution in [2.75, 3.05) is 0 Å². The van der Waals surface area contributed by atoms with Crippen molar-refractivity contribution in [2.45, 2.75) is 57.3 Å². The number of unbranched alkanes of at least 4 members (excludes halogenated alkanes) is 1. The van der Waals surface area contributed by atoms with E-state index in [1.54, 1.807) is 18.2 Å². The molecular formula is C20H23N3O7. The van der Waals surface area contributed by atoms with E-state index in [0.717, 1.165) is 4.90 Å². The predicted octanol–water partition coefficient (Wildman–Crippen LogP) is 0.200. The number of carboxylic acids is 1. The number of rotatable bonds is 8. The molecule has 0 aromatic heterocycles. The molecule has 2 aliphatic heterocycles. The number of carboxylic acid groups (broad SMARTS) is 1. The number of fused-ring (bicyclic) bond motifs is 1. The van der Waals surface area contributed by atoms with Crippen molar-refractivity contribution >= 4 is 29.6 Å². The van der Waals surface area contributed by atoms with Crippen LogP contribution in [0.1, 0.15) is 66.2 Å². The zero-order valence-corrected chi connectivity index (χ0v) is 16.2. The van der Waals surface area contributed by atoms with Crippen molar-refractivity contribution in [1.82, 2.24) is 15.5 Å². The summed E-state index contributed by atoms with van der Waals surface area (Å²) in [7, 11) is 0. The van der Waals surface area contributed by atoms with E-state index in [1.807, 2.05) is 0 Å². The Morgan fingerprint density at radius 1 is 1.17 bits per heavy atom. The number of amides is 4. The summed E-state index contributed by atoms with van der Waals surface area (Å²) >= 11 is 0. The minimum Gasteiger partial charge on any atom is -0.481 e. The summed E-state index contributed by atoms with van der Waals surface area (Å²) in [5.74, 6) is -2.62. The van der Waals surface area contributed by atoms with Crippen LogP contribution in [0, 0.1) is 0 Å². The molecule has 4 N–H and O–H groups in total. The molecule has 0 saturated carbocycles. The van der Waals surface area contributed by atoms with Gasteiger partial charge in [-0.15, -0.1) is 0 Å². The fraction of sp³-hybridized carbons (Fsp3) is 0.450. The molecule has 2 aliphatic rings. The number of carbonyl (C=O) groups excluding carboxylic acids is 4. The number of piperidine rings is 1. The van der Waals surface area contributed by atoms with Gasteiger partial charge in [0.25, 0.3) is 5.91 Å². The Kier molecular flexibility index (Phi) is 6.46. The maximum atomic E-state index is 12.7. The molecule has 0 aliphatic carbocycles. The van der Waals surface area contributed by atoms with Gasteiger partial charge in [-0.25, -0.2) is 0 Å². The maximum absolute atomic E-state index is 12.7. The van der Waals surface area contributed by atoms with Gasteiger partial charge in [0.1, 0.15) is 6.04 Å². The van der Waals surface area contributed by atoms with Gasteiger partial charge in [-0.2, -0.15) is 0 Å². The predicted molar refractivity (Wildman–Crippen MR) is 102 cm³/mol. The van der Waals surface area contributed by atoms with Gasteiger partial charge < -0.3 is 15.5 Å². The standard InChI is InChI=1S/C20H23N3O7/c24-15(3-1-2-4-17(26)27)21-10-11-5-6-12-13(9-11)20(30)23(19(12)29)14-7-8-16(25)22-18(14)28/h5-6,9,14,20,30H,1-4,7-8,10H2,(H,21,24)(H,26,27)(H,22,25,28). The van der Waals surface area contributed by atoms with Crippen LogP contribution in [0.3, 0.4) is 0 Å². The highest BCUT2D eigenvalue weighted by molar-refractivity contribution is 6.05. The molecule has 1 aromatic rings. The average Bonchev–Trinajstić information content (AvgIpc) is 2.94. The van der Waals surface area contributed by atoms with Crippen LogP contribution in [0.4, 0.5) is 0 Å². The van der Waals surface area contributed by atoms with Crippen molar-refractivity contribution in [2.24, 2.45) is 0 Å². The highest BCUT2D eigenvalue weighted by Crippen LogP contribution is 2.35. The van der Waals surface area contributed by atoms with Crippen molar-refractivity contribution in [3.8, 4) is 0 Å². The second kappa shape index (κ2) is 9.04. The fourth-order valence-electron chi connectivity index (χ4n) is 3.64. The fourth-order valence-corrected chi connectivity index (χ4v) is 3.64. The first-order chi connectivity index (χ1) is 14.3. The van der Waals surface area contributed by atoms with Crippen LogP contribution in [0.2, 0.25) is 0 Å². The Morgan fingerprint density at radius 2 is 1.90 bits per heavy atom. The van der Waals surface area contributed by atoms with E-state index in [9.17, 15) is 29.1 Å². The average molecular weight is 417 g/mol. The van der Waals surface area contributed by atoms with Gasteiger partial charge in [-0.3, -0.25) is 34.2 Å². The third-order valence-electron chi connectivity index (χ3n) is 5.20. The van der Waals surface area contributed by atoms with E-state index in [1.165, 1.54) is 0 Å². The summed E-state index contributed by atoms with van der Waals surface area (Å²) < 4.78 is 0. The summed E-state index contributed by atoms with van der Waals surface area (Å²) in [4.78, 5) is 59.6. The second-order valence-corrected chi connectivity index (χ2v) is 7.35. The molecule has 10 heteroatoms. The summed E-state index contributed by atoms with van der Waals surface area (Å²) in [6.45, 7) is 0.185. The minimum atomic E-state index is -1.32. The molecule has 1 fully saturated rings. The number of hydrogen-bond acceptors (Lipinski definition) is 6. The molecule has 2 unspecified atom stereocenters. The first kappa shape index (κ1) is 21.4. The van der Waals surface area contributed by atoms with Crippen LogP contribution in [-0.4, -0.2) is 50.8 Å². The van der Waals surface area contributed by atoms with E-state index in [-0.39, 0.29) is 43.7 Å². The Balaban J connectivity index is 1.60. The van der Waals surface area contributed by atoms with Gasteiger partial charge in [0.15, 0.2) is 6.23 Å². The molecule has 10 nitrogen and oxygen atoms in total. The van der Waals surface area contributed by atoms with Gasteiger partial charge >= 0.3 is 5.97 Å². The van der Waals surface area contributed by atoms with Crippen LogP contribution in [0.25, 0.3) is 0 Å². The number of carbonyl (C=O) groups is 5. The maximum Gasteiger partial charge on any atom is 0.303 e. The quantitative estimate of drug-likeness (QED) is 0.348. The Labute approximate surface area is 172 Å². The number of aliphatic hydroxyl groups is 1. The van der Waals surface area contributed by atoms with E-state index >= 15 is 0 Å². The van der Waals surface area contributed by atoms with E-state index in [2.05, 4.69) is 10.6 Å². The summed E-state index contributed by atoms with van der Waals surface area (Å²) in [6.07, 6.45) is 0.0427. The normalized spacial score (nSPS) is 20.7. The first-order valence-electron chi connectivity index (χ1n) is 9.73. The van der Waals surface area contributed by atoms with Crippen LogP contribution in [0.15, 0.2) is 18.2 Å². The zero-order chi connectivity index (χ0) is 21.8. The molecule has 3 rings (SSSR count). The summed E-state index contributed by atoms with van der Waals surface area (Å²) in [5.41, 5.74) is 1.29. The SMILES string of the molecule is O=C(O)CCCCC(=O)NCc1ccc2c(c1)C(O)N(C1CCC(=O)NC1=O)C2=O. The van der Waals surface area contributed by atoms with E-state index in [0.29, 0.717) is 24.0 Å². The lowest BCUT2D eigenvalue weighted by atomic mass is 10.0. The van der Waals surface area contributed by atoms with Gasteiger partial charge in [-0.1, -0.05) is 6.07 Å². The lowest BCUT2D eigenvalue weighted by molar-refractivity contribution is -0.140. The number of benzene rings is 1. The monoisotopic (exact) mass is 417 g/mol. The van der Waals surface area contributed by atoms with Gasteiger partial charge in [0.05, 0.1) is 0 Å². The van der Waals surface area contributed by atoms with Crippen LogP contribution < -0.4 is 10.6 Å². The first-order valence-corrected chi connectivity index (χ1v) is 9.73. The number of aliphatic carboxylic acids is 1. The Hall–Kier alpha value is -3.27. The van der Waals surface area contributed by atoms with Crippen LogP contribution in [0.5, 0.6) is 0 Å². The Morgan fingerprint density at radius 3 is 2.60 bits per heavy atom. The molecule has 160 valence electrons. The highest BCUT2D eigenvalue weighted by Gasteiger charge is 2.44. The lowest BCUT2D eigenvalue weighted by Gasteiger charge is -2.31. The molecule has 0 bridgehead atoms. The molecule has 2 heterocycles. The van der Waals surface area contributed by atoms with E-state index in [4.69, 9.17) is 5.11 Å². The largest absolute Gasteiger partial charge is 0.481 e. The minimum absolute atomic E-state index is 0.0215. The molecule has 2 atom stereocenters. The third-order valence-corrected chi connectivity index (χ3v) is 5.20. The van der Waals surface area contributed by atoms with Crippen molar-refractivity contribution in [3.63, 3.8) is 0 Å². The van der Waals surface area contributed by atoms with Crippen molar-refractivity contribution in [1.29, 1.82) is 0 Å². The van der Waals surface area contributed by atoms with Gasteiger partial charge in [0.2, 0.25) is 17.7 Å². The van der Waals surface area contributed by atoms with Gasteiger partial charge in [0, 0.05) is 36.9 Å². The van der Waals surface area contributed by atoms with Gasteiger partial charge in [-0.05, 0) is 37.0 Å². The third kappa shape index (κ3) is 4.65. The van der Waals surface area contributed by atoms with Crippen molar-refractivity contribution in [3.05, 3.63) is 34.9 Å². The van der Waals surface area contributed by atoms with Crippen LogP contribution >= 0.6 is 0 Å². The highest BCUT2D eigenvalue weighted by atomic mass is 16.4. The molecule has 30 heavy (non-hydrogen) atoms. The molecule has 4 amide bonds. The second-order valence-electron chi connectivity index (χ2n) is 7.35. The molecule has 1 saturated heterocycles. The summed E-state index contributed by atoms with van der Waals surface area (Å²) in [6, 6.07) is 3.88. The number of imide groups is 1. The lowest BCUT2D eigenvalue weighted by Crippen LogP contribution is -2.53. The smallest absolute Gasteiger partial charge is 0.303 e. The topological polar surface area (TPSA) is 153 Å². The molecule has 1 aromatic carbocycles. The molecular weight excluding hydrogens is 394 g/mol.